The molecule has 0 bridgehead atoms. The van der Waals surface area contributed by atoms with Gasteiger partial charge in [-0.3, -0.25) is 0 Å². The van der Waals surface area contributed by atoms with Gasteiger partial charge in [0.2, 0.25) is 0 Å². The van der Waals surface area contributed by atoms with Crippen LogP contribution in [0.25, 0.3) is 0 Å². The number of hydrogen-bond acceptors (Lipinski definition) is 2. The van der Waals surface area contributed by atoms with Gasteiger partial charge in [-0.1, -0.05) is 53.7 Å². The van der Waals surface area contributed by atoms with Crippen molar-refractivity contribution < 1.29 is 0 Å². The van der Waals surface area contributed by atoms with E-state index in [0.717, 1.165) is 20.4 Å². The van der Waals surface area contributed by atoms with E-state index in [2.05, 4.69) is 12.1 Å². The molecule has 2 aromatic carbocycles. The molecule has 0 saturated heterocycles. The first-order valence-electron chi connectivity index (χ1n) is 5.45. The number of rotatable bonds is 3. The molecule has 0 fully saturated rings. The average molecular weight is 264 g/mol. The fourth-order valence-corrected chi connectivity index (χ4v) is 2.91. The molecule has 2 N–H and O–H groups in total. The van der Waals surface area contributed by atoms with Crippen LogP contribution < -0.4 is 5.73 Å². The molecule has 0 saturated carbocycles. The third-order valence-corrected chi connectivity index (χ3v) is 4.08. The third-order valence-electron chi connectivity index (χ3n) is 2.47. The van der Waals surface area contributed by atoms with Crippen molar-refractivity contribution in [1.29, 1.82) is 0 Å². The molecule has 1 nitrogen and oxygen atoms in total. The summed E-state index contributed by atoms with van der Waals surface area (Å²) < 4.78 is 0. The lowest BCUT2D eigenvalue weighted by molar-refractivity contribution is 0.797. The second kappa shape index (κ2) is 5.58. The van der Waals surface area contributed by atoms with Gasteiger partial charge in [-0.25, -0.2) is 0 Å². The molecule has 0 aliphatic carbocycles. The molecule has 0 amide bonds. The zero-order valence-electron chi connectivity index (χ0n) is 9.56. The minimum Gasteiger partial charge on any atom is -0.324 e. The summed E-state index contributed by atoms with van der Waals surface area (Å²) in [5.74, 6) is 0. The molecule has 0 aliphatic rings. The maximum Gasteiger partial charge on any atom is 0.0545 e. The molecule has 0 heterocycles. The summed E-state index contributed by atoms with van der Waals surface area (Å²) in [6.07, 6.45) is 0. The Kier molecular flexibility index (Phi) is 4.11. The molecule has 3 heteroatoms. The van der Waals surface area contributed by atoms with Crippen molar-refractivity contribution in [2.75, 3.05) is 0 Å². The van der Waals surface area contributed by atoms with Gasteiger partial charge in [0.25, 0.3) is 0 Å². The molecule has 0 unspecified atom stereocenters. The van der Waals surface area contributed by atoms with Crippen LogP contribution in [-0.2, 0) is 0 Å². The number of halogens is 1. The van der Waals surface area contributed by atoms with Gasteiger partial charge in [-0.05, 0) is 30.7 Å². The summed E-state index contributed by atoms with van der Waals surface area (Å²) in [6, 6.07) is 16.0. The SMILES string of the molecule is C[C@H](N)c1ccccc1Sc1ccccc1Cl. The highest BCUT2D eigenvalue weighted by molar-refractivity contribution is 7.99. The molecule has 0 radical (unpaired) electrons. The maximum atomic E-state index is 6.15. The monoisotopic (exact) mass is 263 g/mol. The van der Waals surface area contributed by atoms with E-state index in [0.29, 0.717) is 0 Å². The Balaban J connectivity index is 2.34. The van der Waals surface area contributed by atoms with Crippen LogP contribution in [0.15, 0.2) is 58.3 Å². The molecule has 2 rings (SSSR count). The van der Waals surface area contributed by atoms with Crippen LogP contribution in [0.1, 0.15) is 18.5 Å². The Morgan fingerprint density at radius 2 is 1.59 bits per heavy atom. The first kappa shape index (κ1) is 12.5. The Hall–Kier alpha value is -0.960. The summed E-state index contributed by atoms with van der Waals surface area (Å²) in [6.45, 7) is 1.99. The molecular weight excluding hydrogens is 250 g/mol. The van der Waals surface area contributed by atoms with E-state index in [1.54, 1.807) is 11.8 Å². The van der Waals surface area contributed by atoms with Gasteiger partial charge in [0, 0.05) is 15.8 Å². The van der Waals surface area contributed by atoms with E-state index < -0.39 is 0 Å². The molecule has 1 atom stereocenters. The van der Waals surface area contributed by atoms with E-state index in [9.17, 15) is 0 Å². The second-order valence-corrected chi connectivity index (χ2v) is 5.35. The van der Waals surface area contributed by atoms with E-state index in [1.165, 1.54) is 0 Å². The lowest BCUT2D eigenvalue weighted by Crippen LogP contribution is -2.05. The lowest BCUT2D eigenvalue weighted by atomic mass is 10.1. The van der Waals surface area contributed by atoms with Crippen LogP contribution in [0.3, 0.4) is 0 Å². The molecular formula is C14H14ClNS. The number of benzene rings is 2. The summed E-state index contributed by atoms with van der Waals surface area (Å²) in [7, 11) is 0. The van der Waals surface area contributed by atoms with Gasteiger partial charge in [0.15, 0.2) is 0 Å². The van der Waals surface area contributed by atoms with Crippen LogP contribution >= 0.6 is 23.4 Å². The first-order chi connectivity index (χ1) is 8.18. The quantitative estimate of drug-likeness (QED) is 0.882. The maximum absolute atomic E-state index is 6.15. The predicted octanol–water partition coefficient (Wildman–Crippen LogP) is 4.51. The standard InChI is InChI=1S/C14H14ClNS/c1-10(16)11-6-2-4-8-13(11)17-14-9-5-3-7-12(14)15/h2-10H,16H2,1H3/t10-/m0/s1. The van der Waals surface area contributed by atoms with Crippen molar-refractivity contribution in [3.63, 3.8) is 0 Å². The summed E-state index contributed by atoms with van der Waals surface area (Å²) in [4.78, 5) is 2.22. The zero-order chi connectivity index (χ0) is 12.3. The van der Waals surface area contributed by atoms with Crippen molar-refractivity contribution >= 4 is 23.4 Å². The molecule has 2 aromatic rings. The highest BCUT2D eigenvalue weighted by atomic mass is 35.5. The van der Waals surface area contributed by atoms with Crippen molar-refractivity contribution in [2.24, 2.45) is 5.73 Å². The lowest BCUT2D eigenvalue weighted by Gasteiger charge is -2.12. The van der Waals surface area contributed by atoms with Gasteiger partial charge >= 0.3 is 0 Å². The minimum absolute atomic E-state index is 0.0289. The van der Waals surface area contributed by atoms with Crippen LogP contribution in [0.4, 0.5) is 0 Å². The fraction of sp³-hybridized carbons (Fsp3) is 0.143. The highest BCUT2D eigenvalue weighted by Gasteiger charge is 2.08. The van der Waals surface area contributed by atoms with Gasteiger partial charge in [0.1, 0.15) is 0 Å². The Morgan fingerprint density at radius 1 is 1.00 bits per heavy atom. The summed E-state index contributed by atoms with van der Waals surface area (Å²) in [5, 5.41) is 0.775. The van der Waals surface area contributed by atoms with Crippen molar-refractivity contribution in [1.82, 2.24) is 0 Å². The van der Waals surface area contributed by atoms with Gasteiger partial charge in [-0.15, -0.1) is 0 Å². The van der Waals surface area contributed by atoms with Crippen molar-refractivity contribution in [3.8, 4) is 0 Å². The Bertz CT molecular complexity index is 511. The van der Waals surface area contributed by atoms with Crippen LogP contribution in [0.2, 0.25) is 5.02 Å². The second-order valence-electron chi connectivity index (χ2n) is 3.86. The first-order valence-corrected chi connectivity index (χ1v) is 6.65. The largest absolute Gasteiger partial charge is 0.324 e. The van der Waals surface area contributed by atoms with Crippen LogP contribution in [0.5, 0.6) is 0 Å². The van der Waals surface area contributed by atoms with Crippen LogP contribution in [0, 0.1) is 0 Å². The van der Waals surface area contributed by atoms with Gasteiger partial charge < -0.3 is 5.73 Å². The molecule has 17 heavy (non-hydrogen) atoms. The fourth-order valence-electron chi connectivity index (χ4n) is 1.60. The Morgan fingerprint density at radius 3 is 2.24 bits per heavy atom. The minimum atomic E-state index is 0.0289. The van der Waals surface area contributed by atoms with Gasteiger partial charge in [-0.2, -0.15) is 0 Å². The summed E-state index contributed by atoms with van der Waals surface area (Å²) in [5.41, 5.74) is 7.11. The third kappa shape index (κ3) is 3.03. The van der Waals surface area contributed by atoms with E-state index in [4.69, 9.17) is 17.3 Å². The van der Waals surface area contributed by atoms with Crippen LogP contribution in [-0.4, -0.2) is 0 Å². The van der Waals surface area contributed by atoms with Gasteiger partial charge in [0.05, 0.1) is 5.02 Å². The Labute approximate surface area is 111 Å². The number of nitrogens with two attached hydrogens (primary N) is 1. The van der Waals surface area contributed by atoms with E-state index in [1.807, 2.05) is 43.3 Å². The smallest absolute Gasteiger partial charge is 0.0545 e. The molecule has 88 valence electrons. The number of hydrogen-bond donors (Lipinski definition) is 1. The molecule has 0 aliphatic heterocycles. The average Bonchev–Trinajstić information content (AvgIpc) is 2.32. The summed E-state index contributed by atoms with van der Waals surface area (Å²) >= 11 is 7.81. The highest BCUT2D eigenvalue weighted by Crippen LogP contribution is 2.36. The predicted molar refractivity (Wildman–Crippen MR) is 74.6 cm³/mol. The van der Waals surface area contributed by atoms with Crippen molar-refractivity contribution in [2.45, 2.75) is 22.8 Å². The molecule has 0 aromatic heterocycles. The van der Waals surface area contributed by atoms with E-state index >= 15 is 0 Å². The van der Waals surface area contributed by atoms with E-state index in [-0.39, 0.29) is 6.04 Å². The normalized spacial score (nSPS) is 12.4. The topological polar surface area (TPSA) is 26.0 Å². The molecule has 0 spiro atoms. The zero-order valence-corrected chi connectivity index (χ0v) is 11.1. The van der Waals surface area contributed by atoms with Crippen molar-refractivity contribution in [3.05, 3.63) is 59.1 Å².